The van der Waals surface area contributed by atoms with Gasteiger partial charge in [-0.15, -0.1) is 0 Å². The van der Waals surface area contributed by atoms with Crippen LogP contribution >= 0.6 is 0 Å². The summed E-state index contributed by atoms with van der Waals surface area (Å²) in [6.45, 7) is 9.21. The number of nitrogens with one attached hydrogen (secondary N) is 2. The van der Waals surface area contributed by atoms with E-state index in [0.29, 0.717) is 19.8 Å². The van der Waals surface area contributed by atoms with E-state index in [1.165, 1.54) is 0 Å². The zero-order valence-corrected chi connectivity index (χ0v) is 16.8. The van der Waals surface area contributed by atoms with Crippen molar-refractivity contribution >= 4 is 5.96 Å². The average molecular weight is 376 g/mol. The van der Waals surface area contributed by atoms with Crippen molar-refractivity contribution in [3.8, 4) is 5.75 Å². The van der Waals surface area contributed by atoms with Gasteiger partial charge in [0.2, 0.25) is 0 Å². The third kappa shape index (κ3) is 4.93. The molecule has 1 atom stereocenters. The smallest absolute Gasteiger partial charge is 0.191 e. The highest BCUT2D eigenvalue weighted by Gasteiger charge is 2.35. The molecule has 6 nitrogen and oxygen atoms in total. The molecule has 2 heterocycles. The molecule has 1 unspecified atom stereocenters. The second kappa shape index (κ2) is 8.48. The molecular formula is C21H33N3O3. The van der Waals surface area contributed by atoms with Crippen LogP contribution in [-0.2, 0) is 4.74 Å². The number of guanidine groups is 1. The van der Waals surface area contributed by atoms with Crippen molar-refractivity contribution in [2.24, 2.45) is 10.4 Å². The standard InChI is InChI=1S/C21H33N3O3/c1-4-22-19(23-14-21(15-25)9-11-26-12-10-21)24-17-13-20(2,3)27-18-8-6-5-7-16(17)18/h5-8,17,25H,4,9-15H2,1-3H3,(H2,22,23,24). The van der Waals surface area contributed by atoms with Crippen molar-refractivity contribution in [2.45, 2.75) is 51.7 Å². The average Bonchev–Trinajstić information content (AvgIpc) is 2.66. The largest absolute Gasteiger partial charge is 0.487 e. The van der Waals surface area contributed by atoms with Crippen LogP contribution in [0.4, 0.5) is 0 Å². The number of benzene rings is 1. The predicted octanol–water partition coefficient (Wildman–Crippen LogP) is 2.63. The summed E-state index contributed by atoms with van der Waals surface area (Å²) in [6.07, 6.45) is 2.55. The molecule has 1 saturated heterocycles. The van der Waals surface area contributed by atoms with Gasteiger partial charge in [0, 0.05) is 37.2 Å². The Balaban J connectivity index is 1.77. The summed E-state index contributed by atoms with van der Waals surface area (Å²) in [6, 6.07) is 8.31. The van der Waals surface area contributed by atoms with E-state index >= 15 is 0 Å². The van der Waals surface area contributed by atoms with Gasteiger partial charge in [0.05, 0.1) is 19.2 Å². The highest BCUT2D eigenvalue weighted by molar-refractivity contribution is 5.80. The van der Waals surface area contributed by atoms with Gasteiger partial charge in [-0.25, -0.2) is 0 Å². The van der Waals surface area contributed by atoms with E-state index in [-0.39, 0.29) is 23.7 Å². The lowest BCUT2D eigenvalue weighted by molar-refractivity contribution is -0.0106. The number of aliphatic imine (C=N–C) groups is 1. The Morgan fingerprint density at radius 3 is 2.70 bits per heavy atom. The first-order valence-electron chi connectivity index (χ1n) is 9.98. The van der Waals surface area contributed by atoms with Crippen LogP contribution in [0.25, 0.3) is 0 Å². The molecule has 0 aliphatic carbocycles. The Morgan fingerprint density at radius 1 is 1.26 bits per heavy atom. The predicted molar refractivity (Wildman–Crippen MR) is 107 cm³/mol. The molecule has 2 aliphatic rings. The molecule has 150 valence electrons. The van der Waals surface area contributed by atoms with Crippen molar-refractivity contribution in [1.29, 1.82) is 0 Å². The van der Waals surface area contributed by atoms with Gasteiger partial charge in [-0.05, 0) is 39.7 Å². The topological polar surface area (TPSA) is 75.1 Å². The molecule has 3 rings (SSSR count). The van der Waals surface area contributed by atoms with Gasteiger partial charge in [0.1, 0.15) is 11.4 Å². The number of nitrogens with zero attached hydrogens (tertiary/aromatic N) is 1. The van der Waals surface area contributed by atoms with Crippen LogP contribution < -0.4 is 15.4 Å². The lowest BCUT2D eigenvalue weighted by atomic mass is 9.81. The van der Waals surface area contributed by atoms with Crippen LogP contribution in [0.15, 0.2) is 29.3 Å². The van der Waals surface area contributed by atoms with Gasteiger partial charge >= 0.3 is 0 Å². The number of ether oxygens (including phenoxy) is 2. The number of hydrogen-bond donors (Lipinski definition) is 3. The molecule has 2 aliphatic heterocycles. The third-order valence-corrected chi connectivity index (χ3v) is 5.49. The van der Waals surface area contributed by atoms with E-state index in [1.54, 1.807) is 0 Å². The number of aliphatic hydroxyl groups is 1. The molecule has 0 bridgehead atoms. The van der Waals surface area contributed by atoms with Crippen LogP contribution in [0.5, 0.6) is 5.75 Å². The van der Waals surface area contributed by atoms with Crippen LogP contribution in [0, 0.1) is 5.41 Å². The van der Waals surface area contributed by atoms with Crippen molar-refractivity contribution < 1.29 is 14.6 Å². The zero-order valence-electron chi connectivity index (χ0n) is 16.8. The summed E-state index contributed by atoms with van der Waals surface area (Å²) in [7, 11) is 0. The van der Waals surface area contributed by atoms with E-state index in [1.807, 2.05) is 18.2 Å². The second-order valence-electron chi connectivity index (χ2n) is 8.27. The van der Waals surface area contributed by atoms with Gasteiger partial charge in [0.25, 0.3) is 0 Å². The van der Waals surface area contributed by atoms with Gasteiger partial charge in [-0.1, -0.05) is 18.2 Å². The summed E-state index contributed by atoms with van der Waals surface area (Å²) in [5.41, 5.74) is 0.745. The van der Waals surface area contributed by atoms with Crippen LogP contribution in [0.1, 0.15) is 51.6 Å². The van der Waals surface area contributed by atoms with E-state index in [2.05, 4.69) is 37.5 Å². The molecular weight excluding hydrogens is 342 g/mol. The first-order valence-corrected chi connectivity index (χ1v) is 9.98. The zero-order chi connectivity index (χ0) is 19.3. The molecule has 1 aromatic rings. The van der Waals surface area contributed by atoms with Crippen LogP contribution in [0.2, 0.25) is 0 Å². The lowest BCUT2D eigenvalue weighted by Gasteiger charge is -2.38. The number of hydrogen-bond acceptors (Lipinski definition) is 4. The molecule has 1 fully saturated rings. The Morgan fingerprint density at radius 2 is 2.00 bits per heavy atom. The van der Waals surface area contributed by atoms with Crippen molar-refractivity contribution in [1.82, 2.24) is 10.6 Å². The Kier molecular flexibility index (Phi) is 6.27. The Hall–Kier alpha value is -1.79. The molecule has 27 heavy (non-hydrogen) atoms. The number of fused-ring (bicyclic) bond motifs is 1. The monoisotopic (exact) mass is 375 g/mol. The quantitative estimate of drug-likeness (QED) is 0.545. The summed E-state index contributed by atoms with van der Waals surface area (Å²) in [5.74, 6) is 1.72. The fourth-order valence-corrected chi connectivity index (χ4v) is 3.83. The van der Waals surface area contributed by atoms with Gasteiger partial charge in [0.15, 0.2) is 5.96 Å². The fraction of sp³-hybridized carbons (Fsp3) is 0.667. The number of rotatable bonds is 5. The highest BCUT2D eigenvalue weighted by atomic mass is 16.5. The Labute approximate surface area is 162 Å². The molecule has 0 amide bonds. The van der Waals surface area contributed by atoms with Gasteiger partial charge in [-0.2, -0.15) is 0 Å². The van der Waals surface area contributed by atoms with Crippen molar-refractivity contribution in [2.75, 3.05) is 32.9 Å². The summed E-state index contributed by atoms with van der Waals surface area (Å²) < 4.78 is 11.6. The van der Waals surface area contributed by atoms with Gasteiger partial charge < -0.3 is 25.2 Å². The van der Waals surface area contributed by atoms with Crippen LogP contribution in [0.3, 0.4) is 0 Å². The summed E-state index contributed by atoms with van der Waals surface area (Å²) >= 11 is 0. The van der Waals surface area contributed by atoms with E-state index in [0.717, 1.165) is 43.1 Å². The minimum atomic E-state index is -0.240. The Bertz CT molecular complexity index is 654. The summed E-state index contributed by atoms with van der Waals surface area (Å²) in [4.78, 5) is 4.83. The number of aliphatic hydroxyl groups excluding tert-OH is 1. The van der Waals surface area contributed by atoms with Crippen molar-refractivity contribution in [3.05, 3.63) is 29.8 Å². The minimum absolute atomic E-state index is 0.127. The second-order valence-corrected chi connectivity index (χ2v) is 8.27. The maximum absolute atomic E-state index is 9.92. The molecule has 0 saturated carbocycles. The molecule has 6 heteroatoms. The fourth-order valence-electron chi connectivity index (χ4n) is 3.83. The van der Waals surface area contributed by atoms with Crippen molar-refractivity contribution in [3.63, 3.8) is 0 Å². The molecule has 0 aromatic heterocycles. The highest BCUT2D eigenvalue weighted by Crippen LogP contribution is 2.39. The SMILES string of the molecule is CCNC(=NCC1(CO)CCOCC1)NC1CC(C)(C)Oc2ccccc21. The first-order chi connectivity index (χ1) is 13.0. The lowest BCUT2D eigenvalue weighted by Crippen LogP contribution is -2.46. The number of para-hydroxylation sites is 1. The molecule has 0 radical (unpaired) electrons. The van der Waals surface area contributed by atoms with E-state index in [4.69, 9.17) is 14.5 Å². The van der Waals surface area contributed by atoms with Crippen LogP contribution in [-0.4, -0.2) is 49.6 Å². The normalized spacial score (nSPS) is 23.9. The molecule has 1 aromatic carbocycles. The third-order valence-electron chi connectivity index (χ3n) is 5.49. The van der Waals surface area contributed by atoms with Gasteiger partial charge in [-0.3, -0.25) is 4.99 Å². The molecule has 3 N–H and O–H groups in total. The maximum atomic E-state index is 9.92. The van der Waals surface area contributed by atoms with E-state index < -0.39 is 0 Å². The maximum Gasteiger partial charge on any atom is 0.191 e. The first kappa shape index (κ1) is 20.0. The molecule has 0 spiro atoms. The minimum Gasteiger partial charge on any atom is -0.487 e. The van der Waals surface area contributed by atoms with E-state index in [9.17, 15) is 5.11 Å². The summed E-state index contributed by atoms with van der Waals surface area (Å²) in [5, 5.41) is 16.9.